The van der Waals surface area contributed by atoms with Crippen LogP contribution in [0, 0.1) is 0 Å². The van der Waals surface area contributed by atoms with Crippen molar-refractivity contribution >= 4 is 41.4 Å². The molecule has 0 saturated heterocycles. The fourth-order valence-corrected chi connectivity index (χ4v) is 3.39. The van der Waals surface area contributed by atoms with E-state index in [0.29, 0.717) is 12.2 Å². The lowest BCUT2D eigenvalue weighted by molar-refractivity contribution is -0.142. The molecule has 4 unspecified atom stereocenters. The van der Waals surface area contributed by atoms with Crippen molar-refractivity contribution in [2.24, 2.45) is 5.73 Å². The van der Waals surface area contributed by atoms with Crippen LogP contribution in [-0.2, 0) is 30.4 Å². The van der Waals surface area contributed by atoms with Crippen LogP contribution >= 0.6 is 11.8 Å². The van der Waals surface area contributed by atoms with Gasteiger partial charge in [-0.15, -0.1) is 0 Å². The van der Waals surface area contributed by atoms with Gasteiger partial charge in [-0.25, -0.2) is 0 Å². The summed E-state index contributed by atoms with van der Waals surface area (Å²) in [5.74, 6) is -3.91. The first-order valence-corrected chi connectivity index (χ1v) is 12.1. The summed E-state index contributed by atoms with van der Waals surface area (Å²) >= 11 is 1.53. The van der Waals surface area contributed by atoms with E-state index in [2.05, 4.69) is 16.0 Å². The lowest BCUT2D eigenvalue weighted by Crippen LogP contribution is -2.57. The van der Waals surface area contributed by atoms with Gasteiger partial charge in [-0.05, 0) is 37.3 Å². The molecule has 1 aromatic rings. The summed E-state index contributed by atoms with van der Waals surface area (Å²) < 4.78 is 0. The van der Waals surface area contributed by atoms with Gasteiger partial charge in [0.2, 0.25) is 17.7 Å². The molecule has 4 atom stereocenters. The van der Waals surface area contributed by atoms with Gasteiger partial charge in [0.1, 0.15) is 18.1 Å². The van der Waals surface area contributed by atoms with Crippen LogP contribution in [0.25, 0.3) is 0 Å². The number of benzene rings is 1. The highest BCUT2D eigenvalue weighted by Crippen LogP contribution is 2.07. The van der Waals surface area contributed by atoms with Crippen LogP contribution in [0.3, 0.4) is 0 Å². The number of carboxylic acid groups (broad SMARTS) is 2. The van der Waals surface area contributed by atoms with Gasteiger partial charge in [-0.2, -0.15) is 11.8 Å². The molecule has 0 heterocycles. The SMILES string of the molecule is CSCCC(N)C(=O)NC(Cc1ccccc1)C(=O)NC(CCC(=O)O)C(=O)NC(C)C(=O)O. The molecular formula is C22H32N4O7S. The molecular weight excluding hydrogens is 464 g/mol. The molecule has 0 radical (unpaired) electrons. The van der Waals surface area contributed by atoms with Crippen LogP contribution < -0.4 is 21.7 Å². The Bertz CT molecular complexity index is 853. The predicted octanol–water partition coefficient (Wildman–Crippen LogP) is -0.267. The van der Waals surface area contributed by atoms with E-state index in [0.717, 1.165) is 5.56 Å². The molecule has 0 bridgehead atoms. The minimum Gasteiger partial charge on any atom is -0.481 e. The molecule has 0 spiro atoms. The van der Waals surface area contributed by atoms with Crippen molar-refractivity contribution in [2.45, 2.75) is 56.8 Å². The highest BCUT2D eigenvalue weighted by molar-refractivity contribution is 7.98. The highest BCUT2D eigenvalue weighted by Gasteiger charge is 2.29. The summed E-state index contributed by atoms with van der Waals surface area (Å²) in [5.41, 5.74) is 6.66. The lowest BCUT2D eigenvalue weighted by atomic mass is 10.0. The minimum absolute atomic E-state index is 0.104. The van der Waals surface area contributed by atoms with E-state index in [1.165, 1.54) is 18.7 Å². The Morgan fingerprint density at radius 1 is 0.912 bits per heavy atom. The molecule has 12 heteroatoms. The Balaban J connectivity index is 3.04. The summed E-state index contributed by atoms with van der Waals surface area (Å²) in [5, 5.41) is 25.3. The van der Waals surface area contributed by atoms with Gasteiger partial charge >= 0.3 is 11.9 Å². The van der Waals surface area contributed by atoms with Crippen LogP contribution in [0.2, 0.25) is 0 Å². The average molecular weight is 497 g/mol. The van der Waals surface area contributed by atoms with Gasteiger partial charge in [-0.3, -0.25) is 24.0 Å². The topological polar surface area (TPSA) is 188 Å². The van der Waals surface area contributed by atoms with E-state index in [-0.39, 0.29) is 12.8 Å². The summed E-state index contributed by atoms with van der Waals surface area (Å²) in [7, 11) is 0. The number of aliphatic carboxylic acids is 2. The third kappa shape index (κ3) is 10.7. The van der Waals surface area contributed by atoms with E-state index in [1.807, 2.05) is 6.26 Å². The van der Waals surface area contributed by atoms with Gasteiger partial charge in [0.15, 0.2) is 0 Å². The fourth-order valence-electron chi connectivity index (χ4n) is 2.90. The van der Waals surface area contributed by atoms with Crippen LogP contribution in [0.1, 0.15) is 31.7 Å². The molecule has 0 aromatic heterocycles. The third-order valence-electron chi connectivity index (χ3n) is 4.89. The zero-order valence-electron chi connectivity index (χ0n) is 19.2. The highest BCUT2D eigenvalue weighted by atomic mass is 32.2. The van der Waals surface area contributed by atoms with E-state index < -0.39 is 60.2 Å². The van der Waals surface area contributed by atoms with Crippen LogP contribution in [0.5, 0.6) is 0 Å². The van der Waals surface area contributed by atoms with Crippen molar-refractivity contribution in [3.05, 3.63) is 35.9 Å². The number of hydrogen-bond acceptors (Lipinski definition) is 7. The maximum absolute atomic E-state index is 13.1. The average Bonchev–Trinajstić information content (AvgIpc) is 2.79. The van der Waals surface area contributed by atoms with Gasteiger partial charge in [-0.1, -0.05) is 30.3 Å². The van der Waals surface area contributed by atoms with Crippen LogP contribution in [0.15, 0.2) is 30.3 Å². The minimum atomic E-state index is -1.31. The number of carbonyl (C=O) groups excluding carboxylic acids is 3. The third-order valence-corrected chi connectivity index (χ3v) is 5.54. The fraction of sp³-hybridized carbons (Fsp3) is 0.500. The first-order valence-electron chi connectivity index (χ1n) is 10.7. The molecule has 7 N–H and O–H groups in total. The van der Waals surface area contributed by atoms with Gasteiger partial charge in [0, 0.05) is 12.8 Å². The second-order valence-electron chi connectivity index (χ2n) is 7.70. The molecule has 0 fully saturated rings. The van der Waals surface area contributed by atoms with E-state index >= 15 is 0 Å². The number of hydrogen-bond donors (Lipinski definition) is 6. The summed E-state index contributed by atoms with van der Waals surface area (Å²) in [4.78, 5) is 60.3. The number of amides is 3. The molecule has 1 aromatic carbocycles. The molecule has 0 aliphatic heterocycles. The number of nitrogens with one attached hydrogen (secondary N) is 3. The van der Waals surface area contributed by atoms with Crippen molar-refractivity contribution in [3.8, 4) is 0 Å². The molecule has 3 amide bonds. The maximum Gasteiger partial charge on any atom is 0.325 e. The van der Waals surface area contributed by atoms with Crippen molar-refractivity contribution in [3.63, 3.8) is 0 Å². The molecule has 0 aliphatic rings. The van der Waals surface area contributed by atoms with Crippen molar-refractivity contribution in [1.29, 1.82) is 0 Å². The zero-order valence-corrected chi connectivity index (χ0v) is 20.0. The Hall–Kier alpha value is -3.12. The summed E-state index contributed by atoms with van der Waals surface area (Å²) in [6, 6.07) is 4.39. The van der Waals surface area contributed by atoms with E-state index in [1.54, 1.807) is 30.3 Å². The predicted molar refractivity (Wildman–Crippen MR) is 127 cm³/mol. The van der Waals surface area contributed by atoms with Crippen LogP contribution in [-0.4, -0.2) is 76.0 Å². The maximum atomic E-state index is 13.1. The molecule has 11 nitrogen and oxygen atoms in total. The number of carbonyl (C=O) groups is 5. The monoisotopic (exact) mass is 496 g/mol. The second-order valence-corrected chi connectivity index (χ2v) is 8.69. The van der Waals surface area contributed by atoms with Gasteiger partial charge < -0.3 is 31.9 Å². The quantitative estimate of drug-likeness (QED) is 0.190. The zero-order chi connectivity index (χ0) is 25.7. The van der Waals surface area contributed by atoms with E-state index in [9.17, 15) is 24.0 Å². The smallest absolute Gasteiger partial charge is 0.325 e. The second kappa shape index (κ2) is 14.9. The Morgan fingerprint density at radius 3 is 2.06 bits per heavy atom. The molecule has 188 valence electrons. The summed E-state index contributed by atoms with van der Waals surface area (Å²) in [6.07, 6.45) is 1.69. The van der Waals surface area contributed by atoms with Crippen molar-refractivity contribution < 1.29 is 34.2 Å². The Morgan fingerprint density at radius 2 is 1.50 bits per heavy atom. The normalized spacial score (nSPS) is 14.2. The molecule has 0 saturated carbocycles. The van der Waals surface area contributed by atoms with E-state index in [4.69, 9.17) is 15.9 Å². The molecule has 1 rings (SSSR count). The van der Waals surface area contributed by atoms with Gasteiger partial charge in [0.05, 0.1) is 6.04 Å². The van der Waals surface area contributed by atoms with Crippen molar-refractivity contribution in [2.75, 3.05) is 12.0 Å². The Kier molecular flexibility index (Phi) is 12.7. The molecule has 34 heavy (non-hydrogen) atoms. The Labute approximate surface area is 202 Å². The first kappa shape index (κ1) is 28.9. The van der Waals surface area contributed by atoms with Crippen LogP contribution in [0.4, 0.5) is 0 Å². The standard InChI is InChI=1S/C22H32N4O7S/c1-13(22(32)33)24-20(30)16(8-9-18(27)28)25-21(31)17(12-14-6-4-3-5-7-14)26-19(29)15(23)10-11-34-2/h3-7,13,15-17H,8-12,23H2,1-2H3,(H,24,30)(H,25,31)(H,26,29)(H,27,28)(H,32,33). The largest absolute Gasteiger partial charge is 0.481 e. The number of carboxylic acids is 2. The lowest BCUT2D eigenvalue weighted by Gasteiger charge is -2.24. The number of nitrogens with two attached hydrogens (primary N) is 1. The number of thioether (sulfide) groups is 1. The van der Waals surface area contributed by atoms with Crippen molar-refractivity contribution in [1.82, 2.24) is 16.0 Å². The van der Waals surface area contributed by atoms with Gasteiger partial charge in [0.25, 0.3) is 0 Å². The summed E-state index contributed by atoms with van der Waals surface area (Å²) in [6.45, 7) is 1.24. The number of rotatable bonds is 15. The first-order chi connectivity index (χ1) is 16.0. The molecule has 0 aliphatic carbocycles.